The van der Waals surface area contributed by atoms with Crippen molar-refractivity contribution in [3.8, 4) is 0 Å². The molecule has 1 aromatic rings. The number of carbonyl (C=O) groups excluding carboxylic acids is 1. The third-order valence-electron chi connectivity index (χ3n) is 2.04. The number of aryl methyl sites for hydroxylation is 1. The van der Waals surface area contributed by atoms with Gasteiger partial charge < -0.3 is 10.0 Å². The van der Waals surface area contributed by atoms with Gasteiger partial charge in [-0.25, -0.2) is 4.98 Å². The van der Waals surface area contributed by atoms with E-state index in [1.54, 1.807) is 6.20 Å². The van der Waals surface area contributed by atoms with Gasteiger partial charge in [0.1, 0.15) is 5.69 Å². The van der Waals surface area contributed by atoms with Gasteiger partial charge in [0.15, 0.2) is 0 Å². The van der Waals surface area contributed by atoms with Gasteiger partial charge in [0, 0.05) is 19.3 Å². The molecule has 0 aliphatic rings. The lowest BCUT2D eigenvalue weighted by molar-refractivity contribution is 0.0725. The number of aliphatic hydroxyl groups excluding tert-OH is 1. The minimum Gasteiger partial charge on any atom is -0.395 e. The molecule has 15 heavy (non-hydrogen) atoms. The van der Waals surface area contributed by atoms with E-state index in [1.165, 1.54) is 11.1 Å². The highest BCUT2D eigenvalue weighted by atomic mass is 16.3. The van der Waals surface area contributed by atoms with Gasteiger partial charge in [-0.15, -0.1) is 0 Å². The summed E-state index contributed by atoms with van der Waals surface area (Å²) < 4.78 is 0. The number of carbonyl (C=O) groups is 1. The Hall–Kier alpha value is -1.49. The molecule has 0 saturated heterocycles. The van der Waals surface area contributed by atoms with Crippen LogP contribution >= 0.6 is 0 Å². The first-order chi connectivity index (χ1) is 7.19. The summed E-state index contributed by atoms with van der Waals surface area (Å²) in [6, 6.07) is 0. The van der Waals surface area contributed by atoms with Crippen molar-refractivity contribution in [1.82, 2.24) is 14.9 Å². The molecule has 1 rings (SSSR count). The van der Waals surface area contributed by atoms with Crippen molar-refractivity contribution in [3.05, 3.63) is 23.8 Å². The summed E-state index contributed by atoms with van der Waals surface area (Å²) in [7, 11) is 0. The standard InChI is InChI=1S/C10H15N3O2/c1-3-13(4-5-14)10(15)9-7-11-8(2)6-12-9/h6-7,14H,3-5H2,1-2H3. The van der Waals surface area contributed by atoms with Gasteiger partial charge in [0.05, 0.1) is 18.5 Å². The van der Waals surface area contributed by atoms with Crippen LogP contribution < -0.4 is 0 Å². The second-order valence-electron chi connectivity index (χ2n) is 3.15. The predicted octanol–water partition coefficient (Wildman–Crippen LogP) is 0.239. The molecule has 5 nitrogen and oxygen atoms in total. The lowest BCUT2D eigenvalue weighted by Gasteiger charge is -2.18. The van der Waals surface area contributed by atoms with E-state index in [0.717, 1.165) is 5.69 Å². The van der Waals surface area contributed by atoms with Crippen LogP contribution in [-0.4, -0.2) is 45.6 Å². The number of rotatable bonds is 4. The second-order valence-corrected chi connectivity index (χ2v) is 3.15. The van der Waals surface area contributed by atoms with Crippen molar-refractivity contribution >= 4 is 5.91 Å². The molecule has 0 unspecified atom stereocenters. The molecule has 0 radical (unpaired) electrons. The number of nitrogens with zero attached hydrogens (tertiary/aromatic N) is 3. The van der Waals surface area contributed by atoms with E-state index in [4.69, 9.17) is 5.11 Å². The number of amides is 1. The van der Waals surface area contributed by atoms with Crippen LogP contribution in [0.2, 0.25) is 0 Å². The van der Waals surface area contributed by atoms with E-state index in [-0.39, 0.29) is 12.5 Å². The number of likely N-dealkylation sites (N-methyl/N-ethyl adjacent to an activating group) is 1. The van der Waals surface area contributed by atoms with Gasteiger partial charge in [-0.1, -0.05) is 0 Å². The van der Waals surface area contributed by atoms with Crippen LogP contribution in [0.3, 0.4) is 0 Å². The van der Waals surface area contributed by atoms with Crippen LogP contribution in [-0.2, 0) is 0 Å². The molecule has 0 bridgehead atoms. The maximum atomic E-state index is 11.8. The lowest BCUT2D eigenvalue weighted by atomic mass is 10.3. The third-order valence-corrected chi connectivity index (χ3v) is 2.04. The highest BCUT2D eigenvalue weighted by Crippen LogP contribution is 2.00. The summed E-state index contributed by atoms with van der Waals surface area (Å²) in [6.45, 7) is 4.50. The minimum absolute atomic E-state index is 0.0428. The Kier molecular flexibility index (Phi) is 4.17. The fourth-order valence-corrected chi connectivity index (χ4v) is 1.19. The highest BCUT2D eigenvalue weighted by Gasteiger charge is 2.14. The normalized spacial score (nSPS) is 10.1. The molecule has 0 aliphatic heterocycles. The minimum atomic E-state index is -0.195. The molecular weight excluding hydrogens is 194 g/mol. The first-order valence-corrected chi connectivity index (χ1v) is 4.87. The van der Waals surface area contributed by atoms with E-state index in [0.29, 0.717) is 18.8 Å². The summed E-state index contributed by atoms with van der Waals surface area (Å²) in [6.07, 6.45) is 3.01. The topological polar surface area (TPSA) is 66.3 Å². The van der Waals surface area contributed by atoms with E-state index in [2.05, 4.69) is 9.97 Å². The van der Waals surface area contributed by atoms with Crippen molar-refractivity contribution in [2.24, 2.45) is 0 Å². The first-order valence-electron chi connectivity index (χ1n) is 4.87. The second kappa shape index (κ2) is 5.41. The number of aromatic nitrogens is 2. The summed E-state index contributed by atoms with van der Waals surface area (Å²) in [4.78, 5) is 21.3. The van der Waals surface area contributed by atoms with Crippen molar-refractivity contribution < 1.29 is 9.90 Å². The summed E-state index contributed by atoms with van der Waals surface area (Å²) in [5, 5.41) is 8.78. The average molecular weight is 209 g/mol. The molecule has 1 aromatic heterocycles. The van der Waals surface area contributed by atoms with Gasteiger partial charge in [-0.2, -0.15) is 0 Å². The van der Waals surface area contributed by atoms with Gasteiger partial charge >= 0.3 is 0 Å². The maximum absolute atomic E-state index is 11.8. The van der Waals surface area contributed by atoms with E-state index in [9.17, 15) is 4.79 Å². The first kappa shape index (κ1) is 11.6. The average Bonchev–Trinajstić information content (AvgIpc) is 2.26. The van der Waals surface area contributed by atoms with Crippen molar-refractivity contribution in [2.45, 2.75) is 13.8 Å². The van der Waals surface area contributed by atoms with E-state index in [1.807, 2.05) is 13.8 Å². The highest BCUT2D eigenvalue weighted by molar-refractivity contribution is 5.91. The Bertz CT molecular complexity index is 324. The molecule has 0 saturated carbocycles. The monoisotopic (exact) mass is 209 g/mol. The Morgan fingerprint density at radius 2 is 2.20 bits per heavy atom. The van der Waals surface area contributed by atoms with Crippen LogP contribution in [0.4, 0.5) is 0 Å². The molecule has 1 amide bonds. The maximum Gasteiger partial charge on any atom is 0.274 e. The fraction of sp³-hybridized carbons (Fsp3) is 0.500. The van der Waals surface area contributed by atoms with Gasteiger partial charge in [0.2, 0.25) is 0 Å². The Balaban J connectivity index is 2.78. The SMILES string of the molecule is CCN(CCO)C(=O)c1cnc(C)cn1. The van der Waals surface area contributed by atoms with Crippen LogP contribution in [0.1, 0.15) is 23.1 Å². The molecule has 0 spiro atoms. The Morgan fingerprint density at radius 1 is 1.47 bits per heavy atom. The van der Waals surface area contributed by atoms with Crippen molar-refractivity contribution in [1.29, 1.82) is 0 Å². The quantitative estimate of drug-likeness (QED) is 0.771. The molecular formula is C10H15N3O2. The molecule has 1 heterocycles. The predicted molar refractivity (Wildman–Crippen MR) is 55.4 cm³/mol. The lowest BCUT2D eigenvalue weighted by Crippen LogP contribution is -2.33. The molecule has 1 N–H and O–H groups in total. The Morgan fingerprint density at radius 3 is 2.67 bits per heavy atom. The van der Waals surface area contributed by atoms with Crippen LogP contribution in [0, 0.1) is 6.92 Å². The zero-order valence-corrected chi connectivity index (χ0v) is 8.97. The zero-order chi connectivity index (χ0) is 11.3. The number of aliphatic hydroxyl groups is 1. The summed E-state index contributed by atoms with van der Waals surface area (Å²) >= 11 is 0. The molecule has 0 aromatic carbocycles. The van der Waals surface area contributed by atoms with Gasteiger partial charge in [-0.05, 0) is 13.8 Å². The molecule has 0 aliphatic carbocycles. The molecule has 0 atom stereocenters. The van der Waals surface area contributed by atoms with Crippen LogP contribution in [0.15, 0.2) is 12.4 Å². The third kappa shape index (κ3) is 2.99. The fourth-order valence-electron chi connectivity index (χ4n) is 1.19. The smallest absolute Gasteiger partial charge is 0.274 e. The molecule has 0 fully saturated rings. The van der Waals surface area contributed by atoms with Crippen LogP contribution in [0.25, 0.3) is 0 Å². The summed E-state index contributed by atoms with van der Waals surface area (Å²) in [5.74, 6) is -0.195. The Labute approximate surface area is 88.8 Å². The number of hydrogen-bond acceptors (Lipinski definition) is 4. The molecule has 5 heteroatoms. The van der Waals surface area contributed by atoms with Gasteiger partial charge in [-0.3, -0.25) is 9.78 Å². The molecule has 82 valence electrons. The van der Waals surface area contributed by atoms with Crippen molar-refractivity contribution in [2.75, 3.05) is 19.7 Å². The van der Waals surface area contributed by atoms with Gasteiger partial charge in [0.25, 0.3) is 5.91 Å². The zero-order valence-electron chi connectivity index (χ0n) is 8.97. The van der Waals surface area contributed by atoms with Crippen LogP contribution in [0.5, 0.6) is 0 Å². The van der Waals surface area contributed by atoms with Crippen molar-refractivity contribution in [3.63, 3.8) is 0 Å². The summed E-state index contributed by atoms with van der Waals surface area (Å²) in [5.41, 5.74) is 1.09. The van der Waals surface area contributed by atoms with E-state index >= 15 is 0 Å². The van der Waals surface area contributed by atoms with E-state index < -0.39 is 0 Å². The number of hydrogen-bond donors (Lipinski definition) is 1. The largest absolute Gasteiger partial charge is 0.395 e.